The summed E-state index contributed by atoms with van der Waals surface area (Å²) in [5, 5.41) is 11.4. The molecule has 2 aliphatic rings. The fourth-order valence-corrected chi connectivity index (χ4v) is 4.60. The number of rotatable bonds is 9. The lowest BCUT2D eigenvalue weighted by Crippen LogP contribution is -2.29. The molecule has 0 radical (unpaired) electrons. The predicted octanol–water partition coefficient (Wildman–Crippen LogP) is 4.86. The molecule has 9 nitrogen and oxygen atoms in total. The number of likely N-dealkylation sites (tertiary alicyclic amines) is 1. The maximum absolute atomic E-state index is 13.4. The molecule has 0 spiro atoms. The average Bonchev–Trinajstić information content (AvgIpc) is 3.54. The van der Waals surface area contributed by atoms with Gasteiger partial charge in [0.2, 0.25) is 0 Å². The average molecular weight is 520 g/mol. The van der Waals surface area contributed by atoms with Crippen molar-refractivity contribution in [2.75, 3.05) is 26.4 Å². The summed E-state index contributed by atoms with van der Waals surface area (Å²) < 4.78 is 28.4. The standard InChI is InChI=1S/C29H29NO8/c1-3-11-36-21-9-7-18(15-23(21)34-4-2)26-25(28(32)29(33)30(26)17-20-6-5-12-35-20)27(31)19-8-10-22-24(16-19)38-14-13-37-22/h5-10,12,15-16,26,31H,3-4,11,13-14,17H2,1-2H3. The molecular weight excluding hydrogens is 490 g/mol. The van der Waals surface area contributed by atoms with Gasteiger partial charge in [0.15, 0.2) is 23.0 Å². The first kappa shape index (κ1) is 25.3. The predicted molar refractivity (Wildman–Crippen MR) is 137 cm³/mol. The van der Waals surface area contributed by atoms with Crippen molar-refractivity contribution in [3.05, 3.63) is 77.3 Å². The Labute approximate surface area is 220 Å². The van der Waals surface area contributed by atoms with Gasteiger partial charge in [0, 0.05) is 5.56 Å². The molecule has 0 bridgehead atoms. The minimum Gasteiger partial charge on any atom is -0.507 e. The van der Waals surface area contributed by atoms with Crippen molar-refractivity contribution in [2.24, 2.45) is 0 Å². The topological polar surface area (TPSA) is 108 Å². The van der Waals surface area contributed by atoms with Gasteiger partial charge in [0.25, 0.3) is 11.7 Å². The van der Waals surface area contributed by atoms with Crippen LogP contribution in [0.4, 0.5) is 0 Å². The summed E-state index contributed by atoms with van der Waals surface area (Å²) in [5.41, 5.74) is 0.883. The van der Waals surface area contributed by atoms with Crippen LogP contribution >= 0.6 is 0 Å². The molecule has 3 aromatic rings. The van der Waals surface area contributed by atoms with Crippen LogP contribution in [0, 0.1) is 0 Å². The van der Waals surface area contributed by atoms with Crippen molar-refractivity contribution in [3.8, 4) is 23.0 Å². The van der Waals surface area contributed by atoms with Gasteiger partial charge in [0.05, 0.1) is 37.6 Å². The second kappa shape index (κ2) is 10.9. The molecule has 3 heterocycles. The zero-order chi connectivity index (χ0) is 26.6. The van der Waals surface area contributed by atoms with Gasteiger partial charge < -0.3 is 33.4 Å². The van der Waals surface area contributed by atoms with E-state index >= 15 is 0 Å². The van der Waals surface area contributed by atoms with Crippen molar-refractivity contribution in [2.45, 2.75) is 32.9 Å². The third-order valence-corrected chi connectivity index (χ3v) is 6.31. The molecule has 1 saturated heterocycles. The molecule has 0 aliphatic carbocycles. The number of aliphatic hydroxyl groups is 1. The number of hydrogen-bond donors (Lipinski definition) is 1. The van der Waals surface area contributed by atoms with E-state index in [1.165, 1.54) is 11.2 Å². The number of carbonyl (C=O) groups excluding carboxylic acids is 2. The molecule has 2 aliphatic heterocycles. The molecule has 1 N–H and O–H groups in total. The fraction of sp³-hybridized carbons (Fsp3) is 0.310. The van der Waals surface area contributed by atoms with Gasteiger partial charge in [-0.15, -0.1) is 0 Å². The summed E-state index contributed by atoms with van der Waals surface area (Å²) in [6, 6.07) is 12.7. The first-order valence-corrected chi connectivity index (χ1v) is 12.6. The first-order chi connectivity index (χ1) is 18.5. The lowest BCUT2D eigenvalue weighted by atomic mass is 9.94. The molecule has 5 rings (SSSR count). The van der Waals surface area contributed by atoms with Gasteiger partial charge in [-0.25, -0.2) is 0 Å². The molecule has 1 fully saturated rings. The van der Waals surface area contributed by atoms with Gasteiger partial charge in [-0.05, 0) is 61.4 Å². The van der Waals surface area contributed by atoms with Crippen LogP contribution < -0.4 is 18.9 Å². The van der Waals surface area contributed by atoms with Crippen LogP contribution in [0.25, 0.3) is 5.76 Å². The van der Waals surface area contributed by atoms with E-state index < -0.39 is 17.7 Å². The number of aliphatic hydroxyl groups excluding tert-OH is 1. The van der Waals surface area contributed by atoms with E-state index in [1.807, 2.05) is 13.8 Å². The number of fused-ring (bicyclic) bond motifs is 1. The zero-order valence-electron chi connectivity index (χ0n) is 21.3. The Kier molecular flexibility index (Phi) is 7.26. The number of furan rings is 1. The van der Waals surface area contributed by atoms with Crippen LogP contribution in [0.5, 0.6) is 23.0 Å². The van der Waals surface area contributed by atoms with Crippen molar-refractivity contribution in [1.82, 2.24) is 4.90 Å². The minimum atomic E-state index is -0.896. The highest BCUT2D eigenvalue weighted by Gasteiger charge is 2.46. The number of carbonyl (C=O) groups is 2. The van der Waals surface area contributed by atoms with Gasteiger partial charge in [0.1, 0.15) is 24.7 Å². The highest BCUT2D eigenvalue weighted by Crippen LogP contribution is 2.43. The van der Waals surface area contributed by atoms with E-state index in [-0.39, 0.29) is 17.9 Å². The smallest absolute Gasteiger partial charge is 0.296 e. The van der Waals surface area contributed by atoms with Crippen LogP contribution in [-0.4, -0.2) is 48.1 Å². The molecule has 9 heteroatoms. The Morgan fingerprint density at radius 1 is 1.00 bits per heavy atom. The number of Topliss-reactive ketones (excluding diaryl/α,β-unsaturated/α-hetero) is 1. The third kappa shape index (κ3) is 4.79. The second-order valence-corrected chi connectivity index (χ2v) is 8.85. The Bertz CT molecular complexity index is 1360. The Hall–Kier alpha value is -4.40. The first-order valence-electron chi connectivity index (χ1n) is 12.6. The number of amides is 1. The van der Waals surface area contributed by atoms with Crippen molar-refractivity contribution in [1.29, 1.82) is 0 Å². The number of ether oxygens (including phenoxy) is 4. The maximum Gasteiger partial charge on any atom is 0.296 e. The van der Waals surface area contributed by atoms with Gasteiger partial charge in [-0.3, -0.25) is 9.59 Å². The lowest BCUT2D eigenvalue weighted by Gasteiger charge is -2.25. The number of benzene rings is 2. The normalized spacial score (nSPS) is 18.1. The van der Waals surface area contributed by atoms with Crippen LogP contribution in [0.1, 0.15) is 43.2 Å². The molecule has 1 unspecified atom stereocenters. The second-order valence-electron chi connectivity index (χ2n) is 8.85. The monoisotopic (exact) mass is 519 g/mol. The summed E-state index contributed by atoms with van der Waals surface area (Å²) in [7, 11) is 0. The van der Waals surface area contributed by atoms with Gasteiger partial charge in [-0.2, -0.15) is 0 Å². The Balaban J connectivity index is 1.63. The lowest BCUT2D eigenvalue weighted by molar-refractivity contribution is -0.140. The van der Waals surface area contributed by atoms with E-state index in [0.29, 0.717) is 66.3 Å². The van der Waals surface area contributed by atoms with Crippen LogP contribution in [0.2, 0.25) is 0 Å². The SMILES string of the molecule is CCCOc1ccc(C2C(=C(O)c3ccc4c(c3)OCCO4)C(=O)C(=O)N2Cc2ccco2)cc1OCC. The fourth-order valence-electron chi connectivity index (χ4n) is 4.60. The summed E-state index contributed by atoms with van der Waals surface area (Å²) in [6.07, 6.45) is 2.33. The van der Waals surface area contributed by atoms with E-state index in [0.717, 1.165) is 6.42 Å². The zero-order valence-corrected chi connectivity index (χ0v) is 21.3. The van der Waals surface area contributed by atoms with Crippen molar-refractivity contribution < 1.29 is 38.1 Å². The number of ketones is 1. The molecule has 1 amide bonds. The largest absolute Gasteiger partial charge is 0.507 e. The van der Waals surface area contributed by atoms with Gasteiger partial charge >= 0.3 is 0 Å². The summed E-state index contributed by atoms with van der Waals surface area (Å²) >= 11 is 0. The van der Waals surface area contributed by atoms with Gasteiger partial charge in [-0.1, -0.05) is 13.0 Å². The Morgan fingerprint density at radius 3 is 2.55 bits per heavy atom. The van der Waals surface area contributed by atoms with E-state index in [4.69, 9.17) is 23.4 Å². The third-order valence-electron chi connectivity index (χ3n) is 6.31. The summed E-state index contributed by atoms with van der Waals surface area (Å²) in [4.78, 5) is 28.1. The van der Waals surface area contributed by atoms with E-state index in [9.17, 15) is 14.7 Å². The Morgan fingerprint density at radius 2 is 1.82 bits per heavy atom. The minimum absolute atomic E-state index is 0.0390. The summed E-state index contributed by atoms with van der Waals surface area (Å²) in [5.74, 6) is 0.715. The molecule has 1 atom stereocenters. The van der Waals surface area contributed by atoms with Crippen molar-refractivity contribution in [3.63, 3.8) is 0 Å². The molecule has 0 saturated carbocycles. The van der Waals surface area contributed by atoms with Crippen LogP contribution in [0.15, 0.2) is 64.8 Å². The molecule has 2 aromatic carbocycles. The number of nitrogens with zero attached hydrogens (tertiary/aromatic N) is 1. The maximum atomic E-state index is 13.4. The highest BCUT2D eigenvalue weighted by molar-refractivity contribution is 6.46. The quantitative estimate of drug-likeness (QED) is 0.243. The highest BCUT2D eigenvalue weighted by atomic mass is 16.6. The van der Waals surface area contributed by atoms with E-state index in [1.54, 1.807) is 48.5 Å². The molecule has 38 heavy (non-hydrogen) atoms. The number of hydrogen-bond acceptors (Lipinski definition) is 8. The molecule has 198 valence electrons. The van der Waals surface area contributed by atoms with Crippen LogP contribution in [0.3, 0.4) is 0 Å². The molecular formula is C29H29NO8. The van der Waals surface area contributed by atoms with Crippen LogP contribution in [-0.2, 0) is 16.1 Å². The van der Waals surface area contributed by atoms with E-state index in [2.05, 4.69) is 0 Å². The van der Waals surface area contributed by atoms with Crippen molar-refractivity contribution >= 4 is 17.4 Å². The molecule has 1 aromatic heterocycles. The summed E-state index contributed by atoms with van der Waals surface area (Å²) in [6.45, 7) is 5.62.